The first kappa shape index (κ1) is 16.6. The first-order chi connectivity index (χ1) is 10.8. The topological polar surface area (TPSA) is 148 Å². The first-order valence-corrected chi connectivity index (χ1v) is 7.02. The molecule has 0 saturated heterocycles. The molecule has 5 N–H and O–H groups in total. The molecule has 3 atom stereocenters. The lowest BCUT2D eigenvalue weighted by Gasteiger charge is -2.34. The van der Waals surface area contributed by atoms with Crippen molar-refractivity contribution in [3.05, 3.63) is 10.4 Å². The molecule has 0 amide bonds. The van der Waals surface area contributed by atoms with Crippen LogP contribution in [-0.4, -0.2) is 46.7 Å². The van der Waals surface area contributed by atoms with Crippen LogP contribution in [0.5, 0.6) is 0 Å². The molecule has 1 aromatic rings. The van der Waals surface area contributed by atoms with E-state index in [1.807, 2.05) is 0 Å². The first-order valence-electron chi connectivity index (χ1n) is 7.02. The highest BCUT2D eigenvalue weighted by Crippen LogP contribution is 2.23. The standard InChI is InChI=1S/C13H19N5O5/c1-5(22-6(2)19)10(23-7(3)20)8-4-15-11-9(16-8)12(21)18-13(14)17-11/h5,8,10,16H,4H2,1-3H3,(H4,14,15,17,18,21)/t5-,8?,10+/m0/s1. The number of hydrogen-bond acceptors (Lipinski definition) is 9. The number of esters is 2. The highest BCUT2D eigenvalue weighted by molar-refractivity contribution is 5.69. The lowest BCUT2D eigenvalue weighted by Crippen LogP contribution is -2.51. The van der Waals surface area contributed by atoms with E-state index in [1.54, 1.807) is 6.92 Å². The Balaban J connectivity index is 2.25. The predicted octanol–water partition coefficient (Wildman–Crippen LogP) is -0.559. The van der Waals surface area contributed by atoms with Crippen LogP contribution in [0.2, 0.25) is 0 Å². The van der Waals surface area contributed by atoms with Crippen molar-refractivity contribution in [3.8, 4) is 0 Å². The van der Waals surface area contributed by atoms with Gasteiger partial charge in [0.15, 0.2) is 11.9 Å². The van der Waals surface area contributed by atoms with Gasteiger partial charge in [0.1, 0.15) is 11.8 Å². The second-order valence-corrected chi connectivity index (χ2v) is 5.20. The third kappa shape index (κ3) is 3.90. The van der Waals surface area contributed by atoms with Crippen molar-refractivity contribution in [2.24, 2.45) is 0 Å². The van der Waals surface area contributed by atoms with Crippen molar-refractivity contribution >= 4 is 29.4 Å². The van der Waals surface area contributed by atoms with Crippen LogP contribution in [0.1, 0.15) is 20.8 Å². The van der Waals surface area contributed by atoms with E-state index >= 15 is 0 Å². The van der Waals surface area contributed by atoms with Gasteiger partial charge in [-0.05, 0) is 6.92 Å². The highest BCUT2D eigenvalue weighted by atomic mass is 16.6. The Morgan fingerprint density at radius 1 is 1.30 bits per heavy atom. The minimum Gasteiger partial charge on any atom is -0.459 e. The molecule has 0 aromatic carbocycles. The average molecular weight is 325 g/mol. The molecule has 1 aromatic heterocycles. The van der Waals surface area contributed by atoms with Crippen LogP contribution in [0.3, 0.4) is 0 Å². The molecule has 23 heavy (non-hydrogen) atoms. The summed E-state index contributed by atoms with van der Waals surface area (Å²) >= 11 is 0. The van der Waals surface area contributed by atoms with Gasteiger partial charge in [0.05, 0.1) is 6.04 Å². The molecule has 0 radical (unpaired) electrons. The molecular weight excluding hydrogens is 306 g/mol. The van der Waals surface area contributed by atoms with Gasteiger partial charge < -0.3 is 25.8 Å². The van der Waals surface area contributed by atoms with E-state index in [9.17, 15) is 14.4 Å². The fourth-order valence-electron chi connectivity index (χ4n) is 2.42. The van der Waals surface area contributed by atoms with Gasteiger partial charge in [-0.2, -0.15) is 4.98 Å². The Morgan fingerprint density at radius 3 is 2.57 bits per heavy atom. The van der Waals surface area contributed by atoms with Crippen molar-refractivity contribution in [2.45, 2.75) is 39.0 Å². The Labute approximate surface area is 131 Å². The molecule has 0 fully saturated rings. The second-order valence-electron chi connectivity index (χ2n) is 5.20. The molecule has 2 heterocycles. The fourth-order valence-corrected chi connectivity index (χ4v) is 2.42. The second kappa shape index (κ2) is 6.55. The minimum atomic E-state index is -0.783. The Hall–Kier alpha value is -2.78. The van der Waals surface area contributed by atoms with E-state index in [1.165, 1.54) is 13.8 Å². The quantitative estimate of drug-likeness (QED) is 0.534. The zero-order valence-corrected chi connectivity index (χ0v) is 13.0. The van der Waals surface area contributed by atoms with Gasteiger partial charge in [0, 0.05) is 20.4 Å². The lowest BCUT2D eigenvalue weighted by molar-refractivity contribution is -0.164. The molecular formula is C13H19N5O5. The van der Waals surface area contributed by atoms with E-state index in [4.69, 9.17) is 15.2 Å². The van der Waals surface area contributed by atoms with Crippen LogP contribution in [0, 0.1) is 0 Å². The lowest BCUT2D eigenvalue weighted by atomic mass is 10.0. The van der Waals surface area contributed by atoms with Gasteiger partial charge in [-0.3, -0.25) is 19.4 Å². The Morgan fingerprint density at radius 2 is 1.96 bits per heavy atom. The zero-order chi connectivity index (χ0) is 17.1. The number of aromatic nitrogens is 2. The molecule has 0 aliphatic carbocycles. The summed E-state index contributed by atoms with van der Waals surface area (Å²) in [6.45, 7) is 4.43. The Kier molecular flexibility index (Phi) is 4.72. The molecule has 1 unspecified atom stereocenters. The van der Waals surface area contributed by atoms with Crippen molar-refractivity contribution in [1.82, 2.24) is 9.97 Å². The maximum absolute atomic E-state index is 12.0. The van der Waals surface area contributed by atoms with E-state index < -0.39 is 35.7 Å². The van der Waals surface area contributed by atoms with Crippen molar-refractivity contribution in [1.29, 1.82) is 0 Å². The number of aromatic amines is 1. The summed E-state index contributed by atoms with van der Waals surface area (Å²) < 4.78 is 10.4. The third-order valence-corrected chi connectivity index (χ3v) is 3.27. The average Bonchev–Trinajstić information content (AvgIpc) is 2.43. The summed E-state index contributed by atoms with van der Waals surface area (Å²) in [6.07, 6.45) is -1.48. The number of nitrogens with zero attached hydrogens (tertiary/aromatic N) is 1. The van der Waals surface area contributed by atoms with Gasteiger partial charge in [0.25, 0.3) is 5.56 Å². The molecule has 0 spiro atoms. The number of anilines is 3. The summed E-state index contributed by atoms with van der Waals surface area (Å²) in [5.41, 5.74) is 5.22. The Bertz CT molecular complexity index is 673. The molecule has 10 nitrogen and oxygen atoms in total. The van der Waals surface area contributed by atoms with Gasteiger partial charge >= 0.3 is 11.9 Å². The molecule has 1 aliphatic heterocycles. The van der Waals surface area contributed by atoms with Crippen molar-refractivity contribution < 1.29 is 19.1 Å². The highest BCUT2D eigenvalue weighted by Gasteiger charge is 2.35. The largest absolute Gasteiger partial charge is 0.459 e. The number of carbonyl (C=O) groups is 2. The summed E-state index contributed by atoms with van der Waals surface area (Å²) in [5.74, 6) is -0.715. The number of fused-ring (bicyclic) bond motifs is 1. The van der Waals surface area contributed by atoms with E-state index in [0.29, 0.717) is 12.4 Å². The van der Waals surface area contributed by atoms with Crippen LogP contribution >= 0.6 is 0 Å². The smallest absolute Gasteiger partial charge is 0.303 e. The van der Waals surface area contributed by atoms with Gasteiger partial charge in [0.2, 0.25) is 5.95 Å². The zero-order valence-electron chi connectivity index (χ0n) is 13.0. The molecule has 10 heteroatoms. The number of rotatable bonds is 4. The molecule has 0 bridgehead atoms. The van der Waals surface area contributed by atoms with E-state index in [0.717, 1.165) is 0 Å². The number of nitrogen functional groups attached to an aromatic ring is 1. The molecule has 126 valence electrons. The van der Waals surface area contributed by atoms with E-state index in [-0.39, 0.29) is 11.6 Å². The summed E-state index contributed by atoms with van der Waals surface area (Å²) in [5, 5.41) is 5.91. The fraction of sp³-hybridized carbons (Fsp3) is 0.538. The normalized spacial score (nSPS) is 18.7. The monoisotopic (exact) mass is 325 g/mol. The van der Waals surface area contributed by atoms with E-state index in [2.05, 4.69) is 20.6 Å². The third-order valence-electron chi connectivity index (χ3n) is 3.27. The van der Waals surface area contributed by atoms with Crippen LogP contribution in [0.15, 0.2) is 4.79 Å². The predicted molar refractivity (Wildman–Crippen MR) is 82.0 cm³/mol. The number of nitrogens with two attached hydrogens (primary N) is 1. The number of hydrogen-bond donors (Lipinski definition) is 4. The number of carbonyl (C=O) groups excluding carboxylic acids is 2. The van der Waals surface area contributed by atoms with Crippen LogP contribution < -0.4 is 21.9 Å². The summed E-state index contributed by atoms with van der Waals surface area (Å²) in [6, 6.07) is -0.493. The maximum Gasteiger partial charge on any atom is 0.303 e. The number of ether oxygens (including phenoxy) is 2. The molecule has 0 saturated carbocycles. The number of H-pyrrole nitrogens is 1. The minimum absolute atomic E-state index is 0.00804. The SMILES string of the molecule is CC(=O)O[C@@H](C)[C@@H](OC(C)=O)C1CNc2nc(N)[nH]c(=O)c2N1. The van der Waals surface area contributed by atoms with Crippen molar-refractivity contribution in [3.63, 3.8) is 0 Å². The summed E-state index contributed by atoms with van der Waals surface area (Å²) in [7, 11) is 0. The maximum atomic E-state index is 12.0. The summed E-state index contributed by atoms with van der Waals surface area (Å²) in [4.78, 5) is 40.8. The van der Waals surface area contributed by atoms with Crippen LogP contribution in [0.4, 0.5) is 17.5 Å². The van der Waals surface area contributed by atoms with Crippen LogP contribution in [0.25, 0.3) is 0 Å². The molecule has 2 rings (SSSR count). The van der Waals surface area contributed by atoms with Gasteiger partial charge in [-0.1, -0.05) is 0 Å². The van der Waals surface area contributed by atoms with Gasteiger partial charge in [-0.15, -0.1) is 0 Å². The van der Waals surface area contributed by atoms with Gasteiger partial charge in [-0.25, -0.2) is 0 Å². The van der Waals surface area contributed by atoms with Crippen LogP contribution in [-0.2, 0) is 19.1 Å². The van der Waals surface area contributed by atoms with Crippen molar-refractivity contribution in [2.75, 3.05) is 22.9 Å². The molecule has 1 aliphatic rings. The number of nitrogens with one attached hydrogen (secondary N) is 3.